The lowest BCUT2D eigenvalue weighted by molar-refractivity contribution is 0.0878. The summed E-state index contributed by atoms with van der Waals surface area (Å²) < 4.78 is 0. The summed E-state index contributed by atoms with van der Waals surface area (Å²) in [6.07, 6.45) is 26.4. The van der Waals surface area contributed by atoms with E-state index in [0.29, 0.717) is 44.4 Å². The largest absolute Gasteiger partial charge is 0.268 e. The van der Waals surface area contributed by atoms with Gasteiger partial charge in [-0.25, -0.2) is 19.8 Å². The second-order valence-electron chi connectivity index (χ2n) is 23.5. The Balaban J connectivity index is 0.853. The van der Waals surface area contributed by atoms with E-state index in [2.05, 4.69) is 26.0 Å². The number of anilines is 2. The van der Waals surface area contributed by atoms with Gasteiger partial charge in [-0.1, -0.05) is 214 Å². The van der Waals surface area contributed by atoms with Crippen molar-refractivity contribution in [2.24, 2.45) is 0 Å². The Labute approximate surface area is 480 Å². The van der Waals surface area contributed by atoms with Gasteiger partial charge in [-0.15, -0.1) is 0 Å². The summed E-state index contributed by atoms with van der Waals surface area (Å²) in [5.41, 5.74) is 8.14. The second-order valence-corrected chi connectivity index (χ2v) is 23.5. The van der Waals surface area contributed by atoms with Gasteiger partial charge in [0, 0.05) is 54.6 Å². The molecule has 13 rings (SSSR count). The van der Waals surface area contributed by atoms with Crippen LogP contribution in [0.15, 0.2) is 133 Å². The number of pyridine rings is 2. The third-order valence-corrected chi connectivity index (χ3v) is 18.2. The molecule has 0 bridgehead atoms. The molecule has 0 atom stereocenters. The monoisotopic (exact) mass is 1080 g/mol. The van der Waals surface area contributed by atoms with Gasteiger partial charge in [-0.2, -0.15) is 0 Å². The summed E-state index contributed by atoms with van der Waals surface area (Å²) in [7, 11) is 0. The molecule has 0 N–H and O–H groups in total. The number of nitrogens with zero attached hydrogens (tertiary/aromatic N) is 4. The molecule has 82 heavy (non-hydrogen) atoms. The summed E-state index contributed by atoms with van der Waals surface area (Å²) in [5.74, 6) is -1.49. The van der Waals surface area contributed by atoms with Gasteiger partial charge in [0.2, 0.25) is 0 Å². The quantitative estimate of drug-likeness (QED) is 0.0259. The molecule has 8 heteroatoms. The molecule has 0 unspecified atom stereocenters. The molecule has 4 heterocycles. The SMILES string of the molecule is CCCCCCCCCCCCc1cccc2nc3ccccc3c(N3C(=O)c4ccc5c6ccc7c8c(ccc(c9ccc(c4c59)C3=O)c86)C(=O)N(c3c4ccccc4nc4cccc(CCCCCCCCCCCC)c34)C7=O)c12. The summed E-state index contributed by atoms with van der Waals surface area (Å²) >= 11 is 0. The van der Waals surface area contributed by atoms with Crippen LogP contribution in [0.2, 0.25) is 0 Å². The molecule has 0 aliphatic carbocycles. The van der Waals surface area contributed by atoms with Crippen molar-refractivity contribution < 1.29 is 19.2 Å². The van der Waals surface area contributed by atoms with Crippen molar-refractivity contribution in [2.45, 2.75) is 155 Å². The van der Waals surface area contributed by atoms with Crippen molar-refractivity contribution in [2.75, 3.05) is 9.80 Å². The summed E-state index contributed by atoms with van der Waals surface area (Å²) in [5, 5.41) is 9.49. The van der Waals surface area contributed by atoms with Gasteiger partial charge in [-0.3, -0.25) is 19.2 Å². The topological polar surface area (TPSA) is 101 Å². The first-order chi connectivity index (χ1) is 40.4. The van der Waals surface area contributed by atoms with Gasteiger partial charge < -0.3 is 0 Å². The molecule has 4 amide bonds. The van der Waals surface area contributed by atoms with Crippen LogP contribution >= 0.6 is 0 Å². The Morgan fingerprint density at radius 3 is 0.927 bits per heavy atom. The number of rotatable bonds is 24. The van der Waals surface area contributed by atoms with E-state index in [-0.39, 0.29) is 23.6 Å². The van der Waals surface area contributed by atoms with Crippen LogP contribution in [0, 0.1) is 0 Å². The van der Waals surface area contributed by atoms with Crippen LogP contribution in [0.4, 0.5) is 11.4 Å². The van der Waals surface area contributed by atoms with Crippen LogP contribution in [-0.2, 0) is 12.8 Å². The first kappa shape index (κ1) is 53.2. The van der Waals surface area contributed by atoms with E-state index in [1.807, 2.05) is 121 Å². The molecule has 412 valence electrons. The minimum Gasteiger partial charge on any atom is -0.268 e. The van der Waals surface area contributed by atoms with E-state index < -0.39 is 0 Å². The van der Waals surface area contributed by atoms with E-state index >= 15 is 19.2 Å². The fourth-order valence-corrected chi connectivity index (χ4v) is 14.1. The molecular weight excluding hydrogens is 1010 g/mol. The lowest BCUT2D eigenvalue weighted by Crippen LogP contribution is -2.41. The molecule has 8 nitrogen and oxygen atoms in total. The Bertz CT molecular complexity index is 3930. The van der Waals surface area contributed by atoms with Crippen molar-refractivity contribution in [1.29, 1.82) is 0 Å². The van der Waals surface area contributed by atoms with E-state index in [1.54, 1.807) is 0 Å². The van der Waals surface area contributed by atoms with Crippen LogP contribution < -0.4 is 9.80 Å². The number of unbranched alkanes of at least 4 members (excludes halogenated alkanes) is 18. The van der Waals surface area contributed by atoms with Gasteiger partial charge >= 0.3 is 0 Å². The number of fused-ring (bicyclic) bond motifs is 6. The molecule has 2 aliphatic rings. The number of para-hydroxylation sites is 2. The Kier molecular flexibility index (Phi) is 15.0. The maximum absolute atomic E-state index is 15.5. The molecule has 9 aromatic carbocycles. The smallest absolute Gasteiger partial charge is 0.266 e. The number of carbonyl (C=O) groups is 4. The van der Waals surface area contributed by atoms with Gasteiger partial charge in [-0.05, 0) is 118 Å². The van der Waals surface area contributed by atoms with Gasteiger partial charge in [0.15, 0.2) is 0 Å². The van der Waals surface area contributed by atoms with Crippen molar-refractivity contribution >= 4 is 122 Å². The van der Waals surface area contributed by atoms with E-state index in [1.165, 1.54) is 113 Å². The molecular formula is C74H72N4O4. The Hall–Kier alpha value is -8.10. The first-order valence-corrected chi connectivity index (χ1v) is 31.0. The normalized spacial score (nSPS) is 13.6. The highest BCUT2D eigenvalue weighted by Crippen LogP contribution is 2.49. The third-order valence-electron chi connectivity index (χ3n) is 18.2. The number of benzene rings is 9. The molecule has 0 saturated heterocycles. The lowest BCUT2D eigenvalue weighted by Gasteiger charge is -2.31. The molecule has 0 saturated carbocycles. The van der Waals surface area contributed by atoms with Crippen LogP contribution in [0.25, 0.3) is 86.7 Å². The van der Waals surface area contributed by atoms with Gasteiger partial charge in [0.05, 0.1) is 33.4 Å². The summed E-state index contributed by atoms with van der Waals surface area (Å²) in [4.78, 5) is 75.1. The Morgan fingerprint density at radius 1 is 0.280 bits per heavy atom. The van der Waals surface area contributed by atoms with E-state index in [9.17, 15) is 0 Å². The van der Waals surface area contributed by atoms with Crippen LogP contribution in [0.3, 0.4) is 0 Å². The highest BCUT2D eigenvalue weighted by molar-refractivity contribution is 6.47. The van der Waals surface area contributed by atoms with Crippen LogP contribution in [-0.4, -0.2) is 33.6 Å². The van der Waals surface area contributed by atoms with Crippen molar-refractivity contribution in [1.82, 2.24) is 9.97 Å². The van der Waals surface area contributed by atoms with E-state index in [4.69, 9.17) is 9.97 Å². The Morgan fingerprint density at radius 2 is 0.585 bits per heavy atom. The number of carbonyl (C=O) groups excluding carboxylic acids is 4. The first-order valence-electron chi connectivity index (χ1n) is 31.0. The minimum absolute atomic E-state index is 0.372. The average Bonchev–Trinajstić information content (AvgIpc) is 2.82. The number of aromatic nitrogens is 2. The lowest BCUT2D eigenvalue weighted by atomic mass is 9.82. The van der Waals surface area contributed by atoms with Crippen molar-refractivity contribution in [3.8, 4) is 0 Å². The number of hydrogen-bond acceptors (Lipinski definition) is 6. The minimum atomic E-state index is -0.372. The molecule has 11 aromatic rings. The fraction of sp³-hybridized carbons (Fsp3) is 0.324. The molecule has 2 aliphatic heterocycles. The molecule has 2 aromatic heterocycles. The number of amides is 4. The van der Waals surface area contributed by atoms with Gasteiger partial charge in [0.25, 0.3) is 23.6 Å². The average molecular weight is 1080 g/mol. The zero-order valence-electron chi connectivity index (χ0n) is 47.7. The third kappa shape index (κ3) is 9.23. The number of aryl methyl sites for hydroxylation is 2. The van der Waals surface area contributed by atoms with Crippen LogP contribution in [0.5, 0.6) is 0 Å². The number of imide groups is 2. The summed E-state index contributed by atoms with van der Waals surface area (Å²) in [6, 6.07) is 43.5. The molecule has 0 fully saturated rings. The predicted molar refractivity (Wildman–Crippen MR) is 340 cm³/mol. The van der Waals surface area contributed by atoms with E-state index in [0.717, 1.165) is 126 Å². The maximum Gasteiger partial charge on any atom is 0.266 e. The zero-order chi connectivity index (χ0) is 55.8. The second kappa shape index (κ2) is 23.0. The standard InChI is InChI=1S/C74H72N4O4/c1-3-5-7-9-11-13-15-17-19-21-29-47-31-27-37-61-63(47)69(53-33-23-25-35-59(53)75-61)77-71(79)55-43-39-49-51-41-45-57-68-58(46-42-52(66(51)68)50-40-44-56(72(77)80)67(55)65(49)50)74(82)78(73(57)81)70-54-34-24-26-36-60(54)76-62-38-28-32-48(64(62)70)30-22-20-18-16-14-12-10-8-6-4-2/h23-28,31-46H,3-22,29-30H2,1-2H3. The maximum atomic E-state index is 15.5. The molecule has 0 radical (unpaired) electrons. The highest BCUT2D eigenvalue weighted by Gasteiger charge is 2.40. The van der Waals surface area contributed by atoms with Gasteiger partial charge in [0.1, 0.15) is 0 Å². The summed E-state index contributed by atoms with van der Waals surface area (Å²) in [6.45, 7) is 4.52. The van der Waals surface area contributed by atoms with Crippen molar-refractivity contribution in [3.05, 3.63) is 167 Å². The zero-order valence-corrected chi connectivity index (χ0v) is 47.7. The predicted octanol–water partition coefficient (Wildman–Crippen LogP) is 19.7. The molecule has 0 spiro atoms. The fourth-order valence-electron chi connectivity index (χ4n) is 14.1. The number of hydrogen-bond donors (Lipinski definition) is 0. The highest BCUT2D eigenvalue weighted by atomic mass is 16.2. The van der Waals surface area contributed by atoms with Crippen LogP contribution in [0.1, 0.15) is 195 Å². The van der Waals surface area contributed by atoms with Crippen molar-refractivity contribution in [3.63, 3.8) is 0 Å².